The molecule has 0 spiro atoms. The number of benzene rings is 1. The van der Waals surface area contributed by atoms with Crippen LogP contribution in [-0.2, 0) is 16.0 Å². The van der Waals surface area contributed by atoms with Crippen molar-refractivity contribution >= 4 is 28.8 Å². The Morgan fingerprint density at radius 3 is 2.47 bits per heavy atom. The molecule has 0 unspecified atom stereocenters. The molecule has 1 fully saturated rings. The molecule has 1 saturated heterocycles. The Labute approximate surface area is 190 Å². The normalized spacial score (nSPS) is 16.3. The molecule has 1 aliphatic carbocycles. The van der Waals surface area contributed by atoms with E-state index >= 15 is 0 Å². The van der Waals surface area contributed by atoms with Gasteiger partial charge in [-0.2, -0.15) is 0 Å². The Morgan fingerprint density at radius 1 is 1.12 bits per heavy atom. The molecule has 1 aromatic carbocycles. The van der Waals surface area contributed by atoms with Crippen LogP contribution in [0.2, 0.25) is 0 Å². The van der Waals surface area contributed by atoms with E-state index in [1.165, 1.54) is 16.8 Å². The Bertz CT molecular complexity index is 992. The number of hydrogen-bond donors (Lipinski definition) is 1. The molecule has 7 heteroatoms. The number of nitrogens with one attached hydrogen (secondary N) is 1. The van der Waals surface area contributed by atoms with Gasteiger partial charge in [-0.05, 0) is 42.2 Å². The molecule has 7 nitrogen and oxygen atoms in total. The fraction of sp³-hybridized carbons (Fsp3) is 0.480. The summed E-state index contributed by atoms with van der Waals surface area (Å²) in [5, 5.41) is 3.35. The topological polar surface area (TPSA) is 70.6 Å². The number of carbonyl (C=O) groups excluding carboxylic acids is 1. The summed E-state index contributed by atoms with van der Waals surface area (Å²) in [6.45, 7) is 9.56. The summed E-state index contributed by atoms with van der Waals surface area (Å²) in [6, 6.07) is 8.34. The first-order valence-corrected chi connectivity index (χ1v) is 11.5. The first kappa shape index (κ1) is 22.1. The van der Waals surface area contributed by atoms with Crippen molar-refractivity contribution in [3.63, 3.8) is 0 Å². The number of methoxy groups -OCH3 is 1. The number of rotatable bonds is 6. The summed E-state index contributed by atoms with van der Waals surface area (Å²) in [7, 11) is 1.74. The SMILES string of the molecule is CCC(=O)N1CCN(c2ccc(Nc3ncc4c(n3)C(C(C)C)=C(OC)CC4)cc2)CC1. The second kappa shape index (κ2) is 9.59. The number of allylic oxidation sites excluding steroid dienone is 2. The molecule has 2 aliphatic rings. The second-order valence-corrected chi connectivity index (χ2v) is 8.66. The number of aromatic nitrogens is 2. The summed E-state index contributed by atoms with van der Waals surface area (Å²) < 4.78 is 5.65. The van der Waals surface area contributed by atoms with Crippen molar-refractivity contribution < 1.29 is 9.53 Å². The summed E-state index contributed by atoms with van der Waals surface area (Å²) in [4.78, 5) is 25.6. The van der Waals surface area contributed by atoms with Crippen LogP contribution in [0.3, 0.4) is 0 Å². The third-order valence-electron chi connectivity index (χ3n) is 6.29. The highest BCUT2D eigenvalue weighted by molar-refractivity contribution is 5.76. The number of nitrogens with zero attached hydrogens (tertiary/aromatic N) is 4. The van der Waals surface area contributed by atoms with Gasteiger partial charge in [0.25, 0.3) is 0 Å². The first-order chi connectivity index (χ1) is 15.5. The van der Waals surface area contributed by atoms with Gasteiger partial charge in [0.05, 0.1) is 12.8 Å². The average molecular weight is 436 g/mol. The van der Waals surface area contributed by atoms with E-state index in [1.54, 1.807) is 7.11 Å². The summed E-state index contributed by atoms with van der Waals surface area (Å²) in [6.07, 6.45) is 4.31. The molecule has 0 bridgehead atoms. The molecular formula is C25H33N5O2. The standard InChI is InChI=1S/C25H33N5O2/c1-5-22(31)30-14-12-29(13-15-30)20-9-7-19(8-10-20)27-25-26-16-18-6-11-21(32-4)23(17(2)3)24(18)28-25/h7-10,16-17H,5-6,11-15H2,1-4H3,(H,26,27,28). The zero-order valence-corrected chi connectivity index (χ0v) is 19.5. The predicted octanol–water partition coefficient (Wildman–Crippen LogP) is 4.24. The van der Waals surface area contributed by atoms with E-state index in [2.05, 4.69) is 53.3 Å². The summed E-state index contributed by atoms with van der Waals surface area (Å²) >= 11 is 0. The fourth-order valence-corrected chi connectivity index (χ4v) is 4.53. The second-order valence-electron chi connectivity index (χ2n) is 8.66. The van der Waals surface area contributed by atoms with Gasteiger partial charge in [0.15, 0.2) is 0 Å². The molecule has 1 N–H and O–H groups in total. The molecule has 0 radical (unpaired) electrons. The van der Waals surface area contributed by atoms with Crippen LogP contribution in [0.4, 0.5) is 17.3 Å². The maximum atomic E-state index is 11.9. The van der Waals surface area contributed by atoms with Crippen LogP contribution >= 0.6 is 0 Å². The van der Waals surface area contributed by atoms with E-state index < -0.39 is 0 Å². The molecule has 4 rings (SSSR count). The van der Waals surface area contributed by atoms with Crippen LogP contribution in [0.25, 0.3) is 5.57 Å². The van der Waals surface area contributed by atoms with Gasteiger partial charge in [0, 0.05) is 62.2 Å². The van der Waals surface area contributed by atoms with Gasteiger partial charge >= 0.3 is 0 Å². The lowest BCUT2D eigenvalue weighted by molar-refractivity contribution is -0.131. The van der Waals surface area contributed by atoms with Gasteiger partial charge < -0.3 is 19.9 Å². The minimum absolute atomic E-state index is 0.238. The van der Waals surface area contributed by atoms with Crippen molar-refractivity contribution in [3.8, 4) is 0 Å². The van der Waals surface area contributed by atoms with E-state index in [-0.39, 0.29) is 5.91 Å². The van der Waals surface area contributed by atoms with Crippen LogP contribution in [0.1, 0.15) is 44.9 Å². The maximum Gasteiger partial charge on any atom is 0.227 e. The lowest BCUT2D eigenvalue weighted by atomic mass is 9.88. The van der Waals surface area contributed by atoms with Gasteiger partial charge in [-0.25, -0.2) is 9.97 Å². The molecule has 0 saturated carbocycles. The van der Waals surface area contributed by atoms with Crippen molar-refractivity contribution in [2.45, 2.75) is 40.0 Å². The number of carbonyl (C=O) groups is 1. The van der Waals surface area contributed by atoms with Crippen LogP contribution in [-0.4, -0.2) is 54.1 Å². The molecule has 1 aliphatic heterocycles. The van der Waals surface area contributed by atoms with Crippen molar-refractivity contribution in [1.82, 2.24) is 14.9 Å². The smallest absolute Gasteiger partial charge is 0.227 e. The van der Waals surface area contributed by atoms with Crippen LogP contribution in [0.5, 0.6) is 0 Å². The zero-order chi connectivity index (χ0) is 22.7. The molecule has 1 aromatic heterocycles. The number of fused-ring (bicyclic) bond motifs is 1. The molecule has 170 valence electrons. The van der Waals surface area contributed by atoms with Crippen LogP contribution < -0.4 is 10.2 Å². The molecular weight excluding hydrogens is 402 g/mol. The number of anilines is 3. The summed E-state index contributed by atoms with van der Waals surface area (Å²) in [5.74, 6) is 2.20. The number of aryl methyl sites for hydroxylation is 1. The van der Waals surface area contributed by atoms with E-state index in [0.717, 1.165) is 56.2 Å². The largest absolute Gasteiger partial charge is 0.501 e. The van der Waals surface area contributed by atoms with Gasteiger partial charge in [-0.15, -0.1) is 0 Å². The third-order valence-corrected chi connectivity index (χ3v) is 6.29. The van der Waals surface area contributed by atoms with Crippen molar-refractivity contribution in [3.05, 3.63) is 47.5 Å². The van der Waals surface area contributed by atoms with E-state index in [0.29, 0.717) is 18.3 Å². The van der Waals surface area contributed by atoms with Gasteiger partial charge in [0.1, 0.15) is 5.76 Å². The molecule has 2 heterocycles. The number of piperazine rings is 1. The highest BCUT2D eigenvalue weighted by Gasteiger charge is 2.24. The van der Waals surface area contributed by atoms with Gasteiger partial charge in [0.2, 0.25) is 11.9 Å². The monoisotopic (exact) mass is 435 g/mol. The highest BCUT2D eigenvalue weighted by atomic mass is 16.5. The first-order valence-electron chi connectivity index (χ1n) is 11.5. The highest BCUT2D eigenvalue weighted by Crippen LogP contribution is 2.35. The van der Waals surface area contributed by atoms with Crippen LogP contribution in [0.15, 0.2) is 36.2 Å². The Balaban J connectivity index is 1.45. The number of ether oxygens (including phenoxy) is 1. The molecule has 0 atom stereocenters. The quantitative estimate of drug-likeness (QED) is 0.732. The minimum Gasteiger partial charge on any atom is -0.501 e. The average Bonchev–Trinajstić information content (AvgIpc) is 2.83. The van der Waals surface area contributed by atoms with Crippen molar-refractivity contribution in [2.24, 2.45) is 5.92 Å². The van der Waals surface area contributed by atoms with E-state index in [4.69, 9.17) is 9.72 Å². The Kier molecular flexibility index (Phi) is 6.63. The maximum absolute atomic E-state index is 11.9. The zero-order valence-electron chi connectivity index (χ0n) is 19.5. The van der Waals surface area contributed by atoms with Crippen molar-refractivity contribution in [2.75, 3.05) is 43.5 Å². The lowest BCUT2D eigenvalue weighted by Gasteiger charge is -2.36. The number of amides is 1. The molecule has 32 heavy (non-hydrogen) atoms. The third kappa shape index (κ3) is 4.56. The van der Waals surface area contributed by atoms with E-state index in [9.17, 15) is 4.79 Å². The Morgan fingerprint density at radius 2 is 1.84 bits per heavy atom. The van der Waals surface area contributed by atoms with Crippen LogP contribution in [0, 0.1) is 5.92 Å². The minimum atomic E-state index is 0.238. The fourth-order valence-electron chi connectivity index (χ4n) is 4.53. The number of hydrogen-bond acceptors (Lipinski definition) is 6. The van der Waals surface area contributed by atoms with Gasteiger partial charge in [-0.3, -0.25) is 4.79 Å². The van der Waals surface area contributed by atoms with Gasteiger partial charge in [-0.1, -0.05) is 20.8 Å². The molecule has 1 amide bonds. The molecule has 2 aromatic rings. The van der Waals surface area contributed by atoms with Crippen molar-refractivity contribution in [1.29, 1.82) is 0 Å². The Hall–Kier alpha value is -3.09. The van der Waals surface area contributed by atoms with E-state index in [1.807, 2.05) is 18.0 Å². The summed E-state index contributed by atoms with van der Waals surface area (Å²) in [5.41, 5.74) is 5.47. The lowest BCUT2D eigenvalue weighted by Crippen LogP contribution is -2.48. The predicted molar refractivity (Wildman–Crippen MR) is 128 cm³/mol.